The maximum Gasteiger partial charge on any atom is 0.319 e. The lowest BCUT2D eigenvalue weighted by Gasteiger charge is -2.15. The summed E-state index contributed by atoms with van der Waals surface area (Å²) in [6.45, 7) is 4.13. The summed E-state index contributed by atoms with van der Waals surface area (Å²) in [7, 11) is 0. The van der Waals surface area contributed by atoms with Gasteiger partial charge < -0.3 is 15.7 Å². The van der Waals surface area contributed by atoms with Gasteiger partial charge in [0.1, 0.15) is 5.82 Å². The van der Waals surface area contributed by atoms with Crippen molar-refractivity contribution in [2.75, 3.05) is 11.9 Å². The number of nitrogens with one attached hydrogen (secondary N) is 2. The number of hydrogen-bond acceptors (Lipinski definition) is 2. The highest BCUT2D eigenvalue weighted by molar-refractivity contribution is 9.10. The first-order valence-electron chi connectivity index (χ1n) is 6.06. The van der Waals surface area contributed by atoms with Crippen LogP contribution in [0.2, 0.25) is 0 Å². The van der Waals surface area contributed by atoms with Crippen LogP contribution in [0.1, 0.15) is 20.3 Å². The van der Waals surface area contributed by atoms with Gasteiger partial charge in [-0.05, 0) is 53.4 Å². The van der Waals surface area contributed by atoms with Crippen molar-refractivity contribution in [3.05, 3.63) is 28.5 Å². The quantitative estimate of drug-likeness (QED) is 0.775. The fourth-order valence-electron chi connectivity index (χ4n) is 1.69. The number of aliphatic hydroxyl groups excluding tert-OH is 1. The number of rotatable bonds is 5. The Hall–Kier alpha value is -1.14. The Kier molecular flexibility index (Phi) is 6.24. The van der Waals surface area contributed by atoms with Crippen molar-refractivity contribution in [3.8, 4) is 0 Å². The Bertz CT molecular complexity index is 441. The van der Waals surface area contributed by atoms with Crippen molar-refractivity contribution in [1.29, 1.82) is 0 Å². The molecule has 0 aliphatic heterocycles. The minimum atomic E-state index is -0.383. The summed E-state index contributed by atoms with van der Waals surface area (Å²) < 4.78 is 13.4. The molecule has 1 rings (SSSR count). The van der Waals surface area contributed by atoms with E-state index in [1.165, 1.54) is 18.2 Å². The van der Waals surface area contributed by atoms with Crippen LogP contribution in [-0.2, 0) is 0 Å². The van der Waals surface area contributed by atoms with Gasteiger partial charge in [0.25, 0.3) is 0 Å². The van der Waals surface area contributed by atoms with Gasteiger partial charge in [-0.15, -0.1) is 0 Å². The summed E-state index contributed by atoms with van der Waals surface area (Å²) >= 11 is 3.17. The lowest BCUT2D eigenvalue weighted by molar-refractivity contribution is 0.163. The second kappa shape index (κ2) is 7.45. The summed E-state index contributed by atoms with van der Waals surface area (Å²) in [6, 6.07) is 3.69. The standard InChI is InChI=1S/C13H18BrFN2O2/c1-8(5-9(2)18)7-16-13(19)17-12-4-3-10(15)6-11(12)14/h3-4,6,8-9,18H,5,7H2,1-2H3,(H2,16,17,19). The number of halogens is 2. The van der Waals surface area contributed by atoms with Gasteiger partial charge in [0.15, 0.2) is 0 Å². The monoisotopic (exact) mass is 332 g/mol. The van der Waals surface area contributed by atoms with E-state index in [0.29, 0.717) is 23.1 Å². The van der Waals surface area contributed by atoms with E-state index in [4.69, 9.17) is 0 Å². The number of urea groups is 1. The van der Waals surface area contributed by atoms with Crippen LogP contribution < -0.4 is 10.6 Å². The molecule has 1 aromatic rings. The Balaban J connectivity index is 2.43. The summed E-state index contributed by atoms with van der Waals surface area (Å²) in [5.41, 5.74) is 0.502. The summed E-state index contributed by atoms with van der Waals surface area (Å²) in [5.74, 6) is -0.189. The summed E-state index contributed by atoms with van der Waals surface area (Å²) in [4.78, 5) is 11.6. The average molecular weight is 333 g/mol. The maximum absolute atomic E-state index is 12.9. The zero-order chi connectivity index (χ0) is 14.4. The molecule has 6 heteroatoms. The van der Waals surface area contributed by atoms with E-state index >= 15 is 0 Å². The number of benzene rings is 1. The van der Waals surface area contributed by atoms with Crippen molar-refractivity contribution in [1.82, 2.24) is 5.32 Å². The highest BCUT2D eigenvalue weighted by atomic mass is 79.9. The van der Waals surface area contributed by atoms with Gasteiger partial charge in [0.05, 0.1) is 11.8 Å². The Morgan fingerprint density at radius 3 is 2.74 bits per heavy atom. The molecule has 0 spiro atoms. The fourth-order valence-corrected chi connectivity index (χ4v) is 2.14. The molecule has 0 aliphatic rings. The zero-order valence-electron chi connectivity index (χ0n) is 10.9. The predicted molar refractivity (Wildman–Crippen MR) is 76.6 cm³/mol. The van der Waals surface area contributed by atoms with E-state index in [1.54, 1.807) is 6.92 Å². The third-order valence-corrected chi connectivity index (χ3v) is 3.19. The molecule has 4 nitrogen and oxygen atoms in total. The highest BCUT2D eigenvalue weighted by Crippen LogP contribution is 2.22. The Morgan fingerprint density at radius 1 is 1.47 bits per heavy atom. The van der Waals surface area contributed by atoms with Crippen LogP contribution in [0.15, 0.2) is 22.7 Å². The fraction of sp³-hybridized carbons (Fsp3) is 0.462. The maximum atomic E-state index is 12.9. The molecule has 2 atom stereocenters. The van der Waals surface area contributed by atoms with Gasteiger partial charge in [0.2, 0.25) is 0 Å². The normalized spacial score (nSPS) is 13.7. The molecule has 0 saturated carbocycles. The second-order valence-corrected chi connectivity index (χ2v) is 5.50. The SMILES string of the molecule is CC(O)CC(C)CNC(=O)Nc1ccc(F)cc1Br. The predicted octanol–water partition coefficient (Wildman–Crippen LogP) is 3.12. The first-order valence-corrected chi connectivity index (χ1v) is 6.85. The van der Waals surface area contributed by atoms with E-state index in [0.717, 1.165) is 0 Å². The van der Waals surface area contributed by atoms with Crippen LogP contribution in [0.3, 0.4) is 0 Å². The first-order chi connectivity index (χ1) is 8.88. The zero-order valence-corrected chi connectivity index (χ0v) is 12.5. The topological polar surface area (TPSA) is 61.4 Å². The third-order valence-electron chi connectivity index (χ3n) is 2.53. The molecule has 2 amide bonds. The number of amides is 2. The van der Waals surface area contributed by atoms with E-state index in [1.807, 2.05) is 6.92 Å². The molecular formula is C13H18BrFN2O2. The van der Waals surface area contributed by atoms with Crippen molar-refractivity contribution in [2.45, 2.75) is 26.4 Å². The first kappa shape index (κ1) is 15.9. The van der Waals surface area contributed by atoms with Crippen LogP contribution in [0, 0.1) is 11.7 Å². The number of aliphatic hydroxyl groups is 1. The molecular weight excluding hydrogens is 315 g/mol. The molecule has 1 aromatic carbocycles. The highest BCUT2D eigenvalue weighted by Gasteiger charge is 2.09. The lowest BCUT2D eigenvalue weighted by atomic mass is 10.1. The third kappa shape index (κ3) is 6.02. The van der Waals surface area contributed by atoms with Gasteiger partial charge in [-0.2, -0.15) is 0 Å². The van der Waals surface area contributed by atoms with Crippen LogP contribution in [-0.4, -0.2) is 23.8 Å². The minimum Gasteiger partial charge on any atom is -0.393 e. The largest absolute Gasteiger partial charge is 0.393 e. The molecule has 0 aromatic heterocycles. The van der Waals surface area contributed by atoms with Gasteiger partial charge in [0, 0.05) is 11.0 Å². The van der Waals surface area contributed by atoms with Crippen LogP contribution in [0.5, 0.6) is 0 Å². The molecule has 106 valence electrons. The minimum absolute atomic E-state index is 0.183. The van der Waals surface area contributed by atoms with Gasteiger partial charge >= 0.3 is 6.03 Å². The van der Waals surface area contributed by atoms with Gasteiger partial charge in [-0.1, -0.05) is 6.92 Å². The Morgan fingerprint density at radius 2 is 2.16 bits per heavy atom. The van der Waals surface area contributed by atoms with Crippen LogP contribution in [0.25, 0.3) is 0 Å². The number of carbonyl (C=O) groups is 1. The van der Waals surface area contributed by atoms with E-state index in [9.17, 15) is 14.3 Å². The molecule has 0 heterocycles. The van der Waals surface area contributed by atoms with Gasteiger partial charge in [-0.25, -0.2) is 9.18 Å². The van der Waals surface area contributed by atoms with Gasteiger partial charge in [-0.3, -0.25) is 0 Å². The molecule has 2 unspecified atom stereocenters. The van der Waals surface area contributed by atoms with Crippen molar-refractivity contribution in [2.24, 2.45) is 5.92 Å². The molecule has 0 radical (unpaired) electrons. The van der Waals surface area contributed by atoms with Crippen molar-refractivity contribution < 1.29 is 14.3 Å². The van der Waals surface area contributed by atoms with E-state index in [2.05, 4.69) is 26.6 Å². The smallest absolute Gasteiger partial charge is 0.319 e. The summed E-state index contributed by atoms with van der Waals surface area (Å²) in [6.07, 6.45) is 0.242. The molecule has 0 aliphatic carbocycles. The lowest BCUT2D eigenvalue weighted by Crippen LogP contribution is -2.33. The van der Waals surface area contributed by atoms with Crippen molar-refractivity contribution in [3.63, 3.8) is 0 Å². The van der Waals surface area contributed by atoms with E-state index in [-0.39, 0.29) is 23.9 Å². The Labute approximate surface area is 120 Å². The van der Waals surface area contributed by atoms with Crippen LogP contribution in [0.4, 0.5) is 14.9 Å². The molecule has 0 fully saturated rings. The molecule has 0 bridgehead atoms. The van der Waals surface area contributed by atoms with E-state index < -0.39 is 0 Å². The average Bonchev–Trinajstić information content (AvgIpc) is 2.29. The van der Waals surface area contributed by atoms with Crippen molar-refractivity contribution >= 4 is 27.6 Å². The molecule has 0 saturated heterocycles. The summed E-state index contributed by atoms with van der Waals surface area (Å²) in [5, 5.41) is 14.5. The second-order valence-electron chi connectivity index (χ2n) is 4.65. The van der Waals surface area contributed by atoms with Crippen LogP contribution >= 0.6 is 15.9 Å². The number of anilines is 1. The number of hydrogen-bond donors (Lipinski definition) is 3. The molecule has 3 N–H and O–H groups in total. The molecule has 19 heavy (non-hydrogen) atoms. The number of carbonyl (C=O) groups excluding carboxylic acids is 1.